The van der Waals surface area contributed by atoms with Gasteiger partial charge >= 0.3 is 5.69 Å². The summed E-state index contributed by atoms with van der Waals surface area (Å²) < 4.78 is 0. The Hall–Kier alpha value is -2.74. The first-order valence-electron chi connectivity index (χ1n) is 6.43. The molecule has 0 spiro atoms. The van der Waals surface area contributed by atoms with Gasteiger partial charge in [-0.15, -0.1) is 0 Å². The highest BCUT2D eigenvalue weighted by atomic mass is 16.6. The molecule has 21 heavy (non-hydrogen) atoms. The second kappa shape index (κ2) is 6.62. The second-order valence-electron chi connectivity index (χ2n) is 4.35. The number of hydrogen-bond donors (Lipinski definition) is 3. The van der Waals surface area contributed by atoms with E-state index in [1.807, 2.05) is 24.3 Å². The van der Waals surface area contributed by atoms with Gasteiger partial charge in [-0.1, -0.05) is 31.2 Å². The number of rotatable bonds is 6. The van der Waals surface area contributed by atoms with Crippen LogP contribution in [0.4, 0.5) is 17.5 Å². The van der Waals surface area contributed by atoms with Gasteiger partial charge in [-0.05, 0) is 17.5 Å². The average molecular weight is 288 g/mol. The lowest BCUT2D eigenvalue weighted by Crippen LogP contribution is -2.13. The van der Waals surface area contributed by atoms with Gasteiger partial charge in [0, 0.05) is 6.54 Å². The molecule has 0 aliphatic rings. The van der Waals surface area contributed by atoms with Gasteiger partial charge in [0.15, 0.2) is 0 Å². The van der Waals surface area contributed by atoms with E-state index in [1.54, 1.807) is 0 Å². The number of nitrogens with zero attached hydrogens (tertiary/aromatic N) is 3. The summed E-state index contributed by atoms with van der Waals surface area (Å²) in [6.45, 7) is 2.50. The zero-order valence-electron chi connectivity index (χ0n) is 11.5. The number of nitrogens with two attached hydrogens (primary N) is 1. The number of hydrazine groups is 1. The maximum Gasteiger partial charge on any atom is 0.329 e. The quantitative estimate of drug-likeness (QED) is 0.421. The minimum atomic E-state index is -0.539. The van der Waals surface area contributed by atoms with Crippen LogP contribution < -0.4 is 16.6 Å². The summed E-state index contributed by atoms with van der Waals surface area (Å²) in [4.78, 5) is 18.1. The van der Waals surface area contributed by atoms with Crippen molar-refractivity contribution in [3.8, 4) is 0 Å². The van der Waals surface area contributed by atoms with Crippen LogP contribution >= 0.6 is 0 Å². The largest absolute Gasteiger partial charge is 0.360 e. The number of nitrogens with one attached hydrogen (secondary N) is 2. The fourth-order valence-electron chi connectivity index (χ4n) is 1.79. The number of benzene rings is 1. The topological polar surface area (TPSA) is 119 Å². The molecule has 110 valence electrons. The summed E-state index contributed by atoms with van der Waals surface area (Å²) in [7, 11) is 0. The zero-order chi connectivity index (χ0) is 15.2. The van der Waals surface area contributed by atoms with Crippen LogP contribution in [0, 0.1) is 10.1 Å². The van der Waals surface area contributed by atoms with Gasteiger partial charge < -0.3 is 5.32 Å². The zero-order valence-corrected chi connectivity index (χ0v) is 11.5. The Labute approximate surface area is 121 Å². The summed E-state index contributed by atoms with van der Waals surface area (Å²) in [5.41, 5.74) is 4.31. The summed E-state index contributed by atoms with van der Waals surface area (Å²) in [6, 6.07) is 8.00. The molecule has 0 saturated carbocycles. The van der Waals surface area contributed by atoms with Crippen LogP contribution in [-0.2, 0) is 13.0 Å². The molecule has 4 N–H and O–H groups in total. The average Bonchev–Trinajstić information content (AvgIpc) is 2.52. The molecule has 2 aromatic rings. The molecule has 0 aliphatic heterocycles. The van der Waals surface area contributed by atoms with Crippen molar-refractivity contribution in [3.05, 3.63) is 51.7 Å². The Kier molecular flexibility index (Phi) is 4.62. The van der Waals surface area contributed by atoms with Gasteiger partial charge in [0.2, 0.25) is 11.8 Å². The molecular weight excluding hydrogens is 272 g/mol. The molecule has 2 rings (SSSR count). The lowest BCUT2D eigenvalue weighted by atomic mass is 10.1. The molecule has 1 aromatic carbocycles. The van der Waals surface area contributed by atoms with Gasteiger partial charge in [-0.2, -0.15) is 4.98 Å². The van der Waals surface area contributed by atoms with Crippen LogP contribution in [0.5, 0.6) is 0 Å². The van der Waals surface area contributed by atoms with Crippen molar-refractivity contribution in [2.45, 2.75) is 19.9 Å². The van der Waals surface area contributed by atoms with E-state index in [9.17, 15) is 10.1 Å². The minimum Gasteiger partial charge on any atom is -0.360 e. The van der Waals surface area contributed by atoms with Crippen LogP contribution in [0.3, 0.4) is 0 Å². The van der Waals surface area contributed by atoms with Crippen LogP contribution in [0.1, 0.15) is 18.1 Å². The third-order valence-corrected chi connectivity index (χ3v) is 2.99. The number of aromatic nitrogens is 2. The Morgan fingerprint density at radius 3 is 2.52 bits per heavy atom. The van der Waals surface area contributed by atoms with Crippen molar-refractivity contribution < 1.29 is 4.92 Å². The molecule has 8 heteroatoms. The summed E-state index contributed by atoms with van der Waals surface area (Å²) in [6.07, 6.45) is 2.08. The lowest BCUT2D eigenvalue weighted by molar-refractivity contribution is -0.384. The highest BCUT2D eigenvalue weighted by Gasteiger charge is 2.16. The minimum absolute atomic E-state index is 0.115. The third-order valence-electron chi connectivity index (χ3n) is 2.99. The van der Waals surface area contributed by atoms with E-state index in [2.05, 4.69) is 27.6 Å². The molecule has 0 atom stereocenters. The van der Waals surface area contributed by atoms with Crippen LogP contribution in [-0.4, -0.2) is 14.9 Å². The van der Waals surface area contributed by atoms with Crippen LogP contribution in [0.15, 0.2) is 30.5 Å². The van der Waals surface area contributed by atoms with E-state index in [4.69, 9.17) is 5.84 Å². The molecule has 0 aliphatic carbocycles. The number of aryl methyl sites for hydroxylation is 1. The van der Waals surface area contributed by atoms with Gasteiger partial charge in [0.25, 0.3) is 0 Å². The molecule has 0 bridgehead atoms. The van der Waals surface area contributed by atoms with Crippen LogP contribution in [0.2, 0.25) is 0 Å². The van der Waals surface area contributed by atoms with E-state index in [0.717, 1.165) is 18.2 Å². The highest BCUT2D eigenvalue weighted by Crippen LogP contribution is 2.22. The fraction of sp³-hybridized carbons (Fsp3) is 0.231. The molecule has 1 heterocycles. The highest BCUT2D eigenvalue weighted by molar-refractivity contribution is 5.57. The fourth-order valence-corrected chi connectivity index (χ4v) is 1.79. The lowest BCUT2D eigenvalue weighted by Gasteiger charge is -2.08. The van der Waals surface area contributed by atoms with E-state index in [0.29, 0.717) is 6.54 Å². The number of nitrogen functional groups attached to an aromatic ring is 1. The predicted molar refractivity (Wildman–Crippen MR) is 79.6 cm³/mol. The molecular formula is C13H16N6O2. The van der Waals surface area contributed by atoms with Gasteiger partial charge in [-0.25, -0.2) is 10.8 Å². The predicted octanol–water partition coefficient (Wildman–Crippen LogP) is 1.84. The first-order valence-corrected chi connectivity index (χ1v) is 6.43. The van der Waals surface area contributed by atoms with Crippen molar-refractivity contribution in [1.29, 1.82) is 0 Å². The van der Waals surface area contributed by atoms with E-state index in [-0.39, 0.29) is 17.5 Å². The summed E-state index contributed by atoms with van der Waals surface area (Å²) in [5.74, 6) is 5.45. The molecule has 0 radical (unpaired) electrons. The second-order valence-corrected chi connectivity index (χ2v) is 4.35. The number of hydrogen-bond acceptors (Lipinski definition) is 7. The van der Waals surface area contributed by atoms with Gasteiger partial charge in [-0.3, -0.25) is 15.5 Å². The van der Waals surface area contributed by atoms with Crippen molar-refractivity contribution in [3.63, 3.8) is 0 Å². The van der Waals surface area contributed by atoms with Crippen molar-refractivity contribution in [2.24, 2.45) is 5.84 Å². The third kappa shape index (κ3) is 3.63. The van der Waals surface area contributed by atoms with Crippen molar-refractivity contribution in [2.75, 3.05) is 10.7 Å². The Morgan fingerprint density at radius 2 is 1.95 bits per heavy atom. The molecule has 0 unspecified atom stereocenters. The number of nitro groups is 1. The standard InChI is InChI=1S/C13H16N6O2/c1-2-9-3-5-10(6-4-9)7-15-12-11(19(20)21)8-16-13(17-12)18-14/h3-6,8H,2,7,14H2,1H3,(H2,15,16,17,18). The van der Waals surface area contributed by atoms with E-state index in [1.165, 1.54) is 5.56 Å². The van der Waals surface area contributed by atoms with Gasteiger partial charge in [0.1, 0.15) is 6.20 Å². The molecule has 8 nitrogen and oxygen atoms in total. The van der Waals surface area contributed by atoms with Gasteiger partial charge in [0.05, 0.1) is 4.92 Å². The van der Waals surface area contributed by atoms with E-state index < -0.39 is 4.92 Å². The number of anilines is 2. The smallest absolute Gasteiger partial charge is 0.329 e. The maximum absolute atomic E-state index is 11.0. The molecule has 0 amide bonds. The Balaban J connectivity index is 2.15. The van der Waals surface area contributed by atoms with Crippen molar-refractivity contribution >= 4 is 17.5 Å². The van der Waals surface area contributed by atoms with Crippen molar-refractivity contribution in [1.82, 2.24) is 9.97 Å². The Morgan fingerprint density at radius 1 is 1.29 bits per heavy atom. The summed E-state index contributed by atoms with van der Waals surface area (Å²) in [5, 5.41) is 13.9. The Bertz CT molecular complexity index is 629. The molecule has 1 aromatic heterocycles. The van der Waals surface area contributed by atoms with E-state index >= 15 is 0 Å². The maximum atomic E-state index is 11.0. The monoisotopic (exact) mass is 288 g/mol. The first-order chi connectivity index (χ1) is 10.1. The normalized spacial score (nSPS) is 10.2. The molecule has 0 saturated heterocycles. The molecule has 0 fully saturated rings. The summed E-state index contributed by atoms with van der Waals surface area (Å²) >= 11 is 0. The first kappa shape index (κ1) is 14.7. The SMILES string of the molecule is CCc1ccc(CNc2nc(NN)ncc2[N+](=O)[O-])cc1. The van der Waals surface area contributed by atoms with Crippen LogP contribution in [0.25, 0.3) is 0 Å².